The molecule has 2 amide bonds. The fraction of sp³-hybridized carbons (Fsp3) is 0.286. The molecule has 1 aromatic carbocycles. The minimum atomic E-state index is -0.373. The van der Waals surface area contributed by atoms with Crippen molar-refractivity contribution in [3.05, 3.63) is 59.0 Å². The molecule has 156 valence electrons. The zero-order valence-electron chi connectivity index (χ0n) is 16.6. The largest absolute Gasteiger partial charge is 0.483 e. The Hall–Kier alpha value is -3.33. The predicted octanol–water partition coefficient (Wildman–Crippen LogP) is 3.40. The lowest BCUT2D eigenvalue weighted by molar-refractivity contribution is -0.118. The zero-order valence-corrected chi connectivity index (χ0v) is 17.4. The zero-order chi connectivity index (χ0) is 21.1. The Balaban J connectivity index is 1.29. The Morgan fingerprint density at radius 1 is 1.27 bits per heavy atom. The average molecular weight is 427 g/mol. The number of rotatable bonds is 7. The van der Waals surface area contributed by atoms with Crippen LogP contribution in [0.4, 0.5) is 5.13 Å². The van der Waals surface area contributed by atoms with Crippen LogP contribution >= 0.6 is 11.3 Å². The maximum atomic E-state index is 12.3. The van der Waals surface area contributed by atoms with Gasteiger partial charge in [-0.1, -0.05) is 12.1 Å². The van der Waals surface area contributed by atoms with Gasteiger partial charge in [0.2, 0.25) is 0 Å². The highest BCUT2D eigenvalue weighted by molar-refractivity contribution is 7.14. The molecular weight excluding hydrogens is 406 g/mol. The van der Waals surface area contributed by atoms with Crippen LogP contribution in [0.2, 0.25) is 0 Å². The van der Waals surface area contributed by atoms with Crippen LogP contribution in [-0.2, 0) is 17.8 Å². The molecule has 0 atom stereocenters. The first kappa shape index (κ1) is 20.0. The molecule has 2 aromatic heterocycles. The van der Waals surface area contributed by atoms with E-state index in [0.717, 1.165) is 23.3 Å². The third-order valence-corrected chi connectivity index (χ3v) is 5.16. The molecule has 0 saturated carbocycles. The summed E-state index contributed by atoms with van der Waals surface area (Å²) in [7, 11) is 0. The molecule has 8 nitrogen and oxygen atoms in total. The van der Waals surface area contributed by atoms with Crippen LogP contribution in [0.5, 0.6) is 11.5 Å². The van der Waals surface area contributed by atoms with Gasteiger partial charge in [0.25, 0.3) is 11.8 Å². The van der Waals surface area contributed by atoms with Gasteiger partial charge in [0.1, 0.15) is 17.1 Å². The average Bonchev–Trinajstić information content (AvgIpc) is 3.43. The molecule has 0 spiro atoms. The van der Waals surface area contributed by atoms with E-state index >= 15 is 0 Å². The number of para-hydroxylation sites is 1. The lowest BCUT2D eigenvalue weighted by Crippen LogP contribution is -2.25. The maximum Gasteiger partial charge on any atom is 0.271 e. The molecule has 3 heterocycles. The predicted molar refractivity (Wildman–Crippen MR) is 111 cm³/mol. The Morgan fingerprint density at radius 3 is 2.93 bits per heavy atom. The minimum Gasteiger partial charge on any atom is -0.483 e. The Labute approximate surface area is 177 Å². The second-order valence-electron chi connectivity index (χ2n) is 7.42. The standard InChI is InChI=1S/C21H21N3O5S/c1-21(2)9-13-5-3-7-16(18(13)29-21)28-11-17(25)24-20-23-15(12-30-20)19(26)22-10-14-6-4-8-27-14/h3-8,12H,9-11H2,1-2H3,(H,22,26)(H,23,24,25). The second-order valence-corrected chi connectivity index (χ2v) is 8.28. The van der Waals surface area contributed by atoms with Gasteiger partial charge < -0.3 is 19.2 Å². The highest BCUT2D eigenvalue weighted by atomic mass is 32.1. The number of hydrogen-bond donors (Lipinski definition) is 2. The van der Waals surface area contributed by atoms with E-state index in [1.807, 2.05) is 26.0 Å². The molecular formula is C21H21N3O5S. The minimum absolute atomic E-state index is 0.195. The Bertz CT molecular complexity index is 1060. The number of thiazole rings is 1. The molecule has 1 aliphatic heterocycles. The topological polar surface area (TPSA) is 103 Å². The summed E-state index contributed by atoms with van der Waals surface area (Å²) < 4.78 is 16.8. The van der Waals surface area contributed by atoms with Crippen molar-refractivity contribution in [3.8, 4) is 11.5 Å². The quantitative estimate of drug-likeness (QED) is 0.599. The number of furan rings is 1. The first-order valence-corrected chi connectivity index (χ1v) is 10.3. The van der Waals surface area contributed by atoms with E-state index < -0.39 is 0 Å². The summed E-state index contributed by atoms with van der Waals surface area (Å²) in [6.07, 6.45) is 2.33. The Morgan fingerprint density at radius 2 is 2.13 bits per heavy atom. The van der Waals surface area contributed by atoms with E-state index in [4.69, 9.17) is 13.9 Å². The van der Waals surface area contributed by atoms with Crippen molar-refractivity contribution in [2.75, 3.05) is 11.9 Å². The maximum absolute atomic E-state index is 12.3. The number of nitrogens with one attached hydrogen (secondary N) is 2. The third-order valence-electron chi connectivity index (χ3n) is 4.40. The Kier molecular flexibility index (Phi) is 5.45. The number of anilines is 1. The molecule has 0 radical (unpaired) electrons. The first-order chi connectivity index (χ1) is 14.4. The van der Waals surface area contributed by atoms with E-state index in [2.05, 4.69) is 15.6 Å². The number of benzene rings is 1. The van der Waals surface area contributed by atoms with Crippen LogP contribution in [0.3, 0.4) is 0 Å². The molecule has 0 aliphatic carbocycles. The van der Waals surface area contributed by atoms with Crippen LogP contribution in [0.15, 0.2) is 46.4 Å². The van der Waals surface area contributed by atoms with Crippen LogP contribution in [0.25, 0.3) is 0 Å². The van der Waals surface area contributed by atoms with Gasteiger partial charge >= 0.3 is 0 Å². The van der Waals surface area contributed by atoms with E-state index in [1.54, 1.807) is 23.6 Å². The van der Waals surface area contributed by atoms with Gasteiger partial charge in [-0.15, -0.1) is 11.3 Å². The van der Waals surface area contributed by atoms with E-state index in [0.29, 0.717) is 22.4 Å². The number of amides is 2. The van der Waals surface area contributed by atoms with Crippen molar-refractivity contribution >= 4 is 28.3 Å². The van der Waals surface area contributed by atoms with Crippen LogP contribution in [-0.4, -0.2) is 29.0 Å². The van der Waals surface area contributed by atoms with Crippen molar-refractivity contribution in [2.24, 2.45) is 0 Å². The van der Waals surface area contributed by atoms with Gasteiger partial charge in [0, 0.05) is 17.4 Å². The summed E-state index contributed by atoms with van der Waals surface area (Å²) in [6.45, 7) is 4.08. The van der Waals surface area contributed by atoms with E-state index in [1.165, 1.54) is 6.26 Å². The molecule has 0 saturated heterocycles. The molecule has 0 unspecified atom stereocenters. The second kappa shape index (κ2) is 8.19. The van der Waals surface area contributed by atoms with Crippen LogP contribution in [0, 0.1) is 0 Å². The molecule has 4 rings (SSSR count). The van der Waals surface area contributed by atoms with Crippen molar-refractivity contribution in [2.45, 2.75) is 32.4 Å². The van der Waals surface area contributed by atoms with Crippen molar-refractivity contribution in [3.63, 3.8) is 0 Å². The SMILES string of the molecule is CC1(C)Cc2cccc(OCC(=O)Nc3nc(C(=O)NCc4ccco4)cs3)c2O1. The van der Waals surface area contributed by atoms with E-state index in [-0.39, 0.29) is 36.3 Å². The van der Waals surface area contributed by atoms with Gasteiger partial charge in [-0.3, -0.25) is 14.9 Å². The van der Waals surface area contributed by atoms with Crippen LogP contribution < -0.4 is 20.1 Å². The molecule has 0 bridgehead atoms. The first-order valence-electron chi connectivity index (χ1n) is 9.39. The fourth-order valence-electron chi connectivity index (χ4n) is 3.11. The summed E-state index contributed by atoms with van der Waals surface area (Å²) >= 11 is 1.16. The van der Waals surface area contributed by atoms with Gasteiger partial charge in [-0.05, 0) is 32.0 Å². The normalized spacial score (nSPS) is 13.9. The highest BCUT2D eigenvalue weighted by Crippen LogP contribution is 2.41. The van der Waals surface area contributed by atoms with Gasteiger partial charge in [-0.25, -0.2) is 4.98 Å². The molecule has 9 heteroatoms. The highest BCUT2D eigenvalue weighted by Gasteiger charge is 2.32. The molecule has 2 N–H and O–H groups in total. The van der Waals surface area contributed by atoms with Crippen LogP contribution in [0.1, 0.15) is 35.7 Å². The lowest BCUT2D eigenvalue weighted by Gasteiger charge is -2.18. The van der Waals surface area contributed by atoms with Gasteiger partial charge in [-0.2, -0.15) is 0 Å². The van der Waals surface area contributed by atoms with Crippen molar-refractivity contribution in [1.29, 1.82) is 0 Å². The summed E-state index contributed by atoms with van der Waals surface area (Å²) in [5, 5.41) is 7.25. The van der Waals surface area contributed by atoms with Gasteiger partial charge in [0.15, 0.2) is 23.2 Å². The van der Waals surface area contributed by atoms with Crippen molar-refractivity contribution < 1.29 is 23.5 Å². The monoisotopic (exact) mass is 427 g/mol. The number of ether oxygens (including phenoxy) is 2. The number of hydrogen-bond acceptors (Lipinski definition) is 7. The number of carbonyl (C=O) groups excluding carboxylic acids is 2. The summed E-state index contributed by atoms with van der Waals surface area (Å²) in [4.78, 5) is 28.5. The molecule has 30 heavy (non-hydrogen) atoms. The van der Waals surface area contributed by atoms with Gasteiger partial charge in [0.05, 0.1) is 12.8 Å². The number of fused-ring (bicyclic) bond motifs is 1. The fourth-order valence-corrected chi connectivity index (χ4v) is 3.81. The molecule has 3 aromatic rings. The van der Waals surface area contributed by atoms with E-state index in [9.17, 15) is 9.59 Å². The number of aromatic nitrogens is 1. The lowest BCUT2D eigenvalue weighted by atomic mass is 10.0. The number of nitrogens with zero attached hydrogens (tertiary/aromatic N) is 1. The smallest absolute Gasteiger partial charge is 0.271 e. The molecule has 0 fully saturated rings. The van der Waals surface area contributed by atoms with Crippen molar-refractivity contribution in [1.82, 2.24) is 10.3 Å². The molecule has 1 aliphatic rings. The third kappa shape index (κ3) is 4.62. The summed E-state index contributed by atoms with van der Waals surface area (Å²) in [6, 6.07) is 9.16. The summed E-state index contributed by atoms with van der Waals surface area (Å²) in [5.74, 6) is 1.13. The number of carbonyl (C=O) groups is 2. The summed E-state index contributed by atoms with van der Waals surface area (Å²) in [5.41, 5.74) is 0.987.